The van der Waals surface area contributed by atoms with Crippen LogP contribution >= 0.6 is 0 Å². The fourth-order valence-electron chi connectivity index (χ4n) is 8.06. The van der Waals surface area contributed by atoms with Gasteiger partial charge in [0.15, 0.2) is 0 Å². The molecule has 5 heteroatoms. The van der Waals surface area contributed by atoms with Crippen LogP contribution in [0.2, 0.25) is 0 Å². The molecule has 0 atom stereocenters. The van der Waals surface area contributed by atoms with Gasteiger partial charge >= 0.3 is 0 Å². The van der Waals surface area contributed by atoms with Gasteiger partial charge in [0.2, 0.25) is 0 Å². The molecule has 0 amide bonds. The van der Waals surface area contributed by atoms with Gasteiger partial charge in [-0.05, 0) is 97.9 Å². The third-order valence-electron chi connectivity index (χ3n) is 9.17. The topological polar surface area (TPSA) is 50.3 Å². The van der Waals surface area contributed by atoms with Gasteiger partial charge in [-0.1, -0.05) is 30.3 Å². The zero-order chi connectivity index (χ0) is 24.0. The third kappa shape index (κ3) is 4.50. The number of nitrogens with zero attached hydrogens (tertiary/aromatic N) is 3. The Morgan fingerprint density at radius 3 is 2.42 bits per heavy atom. The highest BCUT2D eigenvalue weighted by atomic mass is 16.5. The fraction of sp³-hybridized carbons (Fsp3) is 0.484. The lowest BCUT2D eigenvalue weighted by Crippen LogP contribution is -2.49. The van der Waals surface area contributed by atoms with Crippen LogP contribution in [0.15, 0.2) is 60.9 Å². The highest BCUT2D eigenvalue weighted by Gasteiger charge is 2.50. The lowest BCUT2D eigenvalue weighted by atomic mass is 9.49. The van der Waals surface area contributed by atoms with Crippen LogP contribution in [0.5, 0.6) is 11.5 Å². The maximum atomic E-state index is 6.05. The van der Waals surface area contributed by atoms with E-state index in [1.807, 2.05) is 36.4 Å². The average molecular weight is 481 g/mol. The minimum absolute atomic E-state index is 0.514. The van der Waals surface area contributed by atoms with Gasteiger partial charge < -0.3 is 10.1 Å². The standard InChI is InChI=1S/C31H36N4O/c1-2-6-26(7-3-1)36-27-8-4-5-22(14-27)18-35-10-9-28-29(19-35)33-21-34-30(28)32-20-31-15-23-11-24(16-31)13-25(12-23)17-31/h1-8,14,21,23-25H,9-13,15-20H2,(H,32,33,34). The Bertz CT molecular complexity index is 1190. The monoisotopic (exact) mass is 480 g/mol. The Kier molecular flexibility index (Phi) is 5.69. The first-order valence-corrected chi connectivity index (χ1v) is 13.8. The van der Waals surface area contributed by atoms with Gasteiger partial charge in [-0.3, -0.25) is 4.90 Å². The molecule has 5 aliphatic rings. The summed E-state index contributed by atoms with van der Waals surface area (Å²) in [6, 6.07) is 18.4. The summed E-state index contributed by atoms with van der Waals surface area (Å²) in [5.74, 6) is 5.81. The number of hydrogen-bond acceptors (Lipinski definition) is 5. The molecule has 1 N–H and O–H groups in total. The number of nitrogens with one attached hydrogen (secondary N) is 1. The number of ether oxygens (including phenoxy) is 1. The molecule has 1 aliphatic heterocycles. The van der Waals surface area contributed by atoms with Crippen molar-refractivity contribution in [3.63, 3.8) is 0 Å². The first kappa shape index (κ1) is 22.3. The summed E-state index contributed by atoms with van der Waals surface area (Å²) in [5, 5.41) is 3.84. The summed E-state index contributed by atoms with van der Waals surface area (Å²) in [7, 11) is 0. The van der Waals surface area contributed by atoms with Gasteiger partial charge in [-0.2, -0.15) is 0 Å². The molecular formula is C31H36N4O. The summed E-state index contributed by atoms with van der Waals surface area (Å²) in [6.07, 6.45) is 11.6. The van der Waals surface area contributed by atoms with Crippen molar-refractivity contribution in [3.8, 4) is 11.5 Å². The molecule has 0 saturated heterocycles. The minimum atomic E-state index is 0.514. The summed E-state index contributed by atoms with van der Waals surface area (Å²) in [5.41, 5.74) is 4.29. The van der Waals surface area contributed by atoms with Crippen molar-refractivity contribution in [2.45, 2.75) is 58.0 Å². The fourth-order valence-corrected chi connectivity index (χ4v) is 8.06. The molecule has 186 valence electrons. The molecule has 36 heavy (non-hydrogen) atoms. The van der Waals surface area contributed by atoms with E-state index >= 15 is 0 Å². The Hall–Kier alpha value is -2.92. The molecule has 4 saturated carbocycles. The van der Waals surface area contributed by atoms with Gasteiger partial charge in [-0.25, -0.2) is 9.97 Å². The van der Waals surface area contributed by atoms with Crippen molar-refractivity contribution in [3.05, 3.63) is 77.7 Å². The van der Waals surface area contributed by atoms with Crippen LogP contribution in [0.4, 0.5) is 5.82 Å². The molecule has 4 aliphatic carbocycles. The maximum absolute atomic E-state index is 6.05. The molecule has 0 unspecified atom stereocenters. The van der Waals surface area contributed by atoms with Gasteiger partial charge in [0, 0.05) is 31.7 Å². The largest absolute Gasteiger partial charge is 0.457 e. The number of rotatable bonds is 7. The second-order valence-electron chi connectivity index (χ2n) is 11.9. The third-order valence-corrected chi connectivity index (χ3v) is 9.17. The van der Waals surface area contributed by atoms with E-state index in [1.54, 1.807) is 6.33 Å². The van der Waals surface area contributed by atoms with E-state index in [0.29, 0.717) is 5.41 Å². The smallest absolute Gasteiger partial charge is 0.132 e. The summed E-state index contributed by atoms with van der Waals surface area (Å²) < 4.78 is 6.05. The number of benzene rings is 2. The van der Waals surface area contributed by atoms with Gasteiger partial charge in [-0.15, -0.1) is 0 Å². The molecule has 4 bridgehead atoms. The molecule has 2 aromatic carbocycles. The van der Waals surface area contributed by atoms with Crippen LogP contribution in [0.3, 0.4) is 0 Å². The first-order chi connectivity index (χ1) is 17.7. The predicted molar refractivity (Wildman–Crippen MR) is 142 cm³/mol. The van der Waals surface area contributed by atoms with E-state index in [-0.39, 0.29) is 0 Å². The Morgan fingerprint density at radius 2 is 1.64 bits per heavy atom. The summed E-state index contributed by atoms with van der Waals surface area (Å²) >= 11 is 0. The van der Waals surface area contributed by atoms with Crippen LogP contribution in [0.1, 0.15) is 55.3 Å². The zero-order valence-electron chi connectivity index (χ0n) is 21.0. The quantitative estimate of drug-likeness (QED) is 0.421. The number of aromatic nitrogens is 2. The molecular weight excluding hydrogens is 444 g/mol. The van der Waals surface area contributed by atoms with Crippen molar-refractivity contribution in [2.75, 3.05) is 18.4 Å². The molecule has 0 spiro atoms. The molecule has 0 radical (unpaired) electrons. The predicted octanol–water partition coefficient (Wildman–Crippen LogP) is 6.46. The van der Waals surface area contributed by atoms with Gasteiger partial charge in [0.05, 0.1) is 5.69 Å². The van der Waals surface area contributed by atoms with Crippen molar-refractivity contribution in [1.82, 2.24) is 14.9 Å². The van der Waals surface area contributed by atoms with E-state index in [1.165, 1.54) is 55.3 Å². The van der Waals surface area contributed by atoms with Crippen LogP contribution in [0, 0.1) is 23.2 Å². The van der Waals surface area contributed by atoms with E-state index in [0.717, 1.165) is 67.7 Å². The highest BCUT2D eigenvalue weighted by molar-refractivity contribution is 5.47. The number of para-hydroxylation sites is 1. The van der Waals surface area contributed by atoms with Crippen molar-refractivity contribution < 1.29 is 4.74 Å². The van der Waals surface area contributed by atoms with Crippen LogP contribution in [0.25, 0.3) is 0 Å². The summed E-state index contributed by atoms with van der Waals surface area (Å²) in [4.78, 5) is 11.9. The van der Waals surface area contributed by atoms with Crippen LogP contribution in [-0.2, 0) is 19.5 Å². The molecule has 4 fully saturated rings. The average Bonchev–Trinajstić information content (AvgIpc) is 2.87. The van der Waals surface area contributed by atoms with Crippen molar-refractivity contribution in [2.24, 2.45) is 23.2 Å². The van der Waals surface area contributed by atoms with Crippen LogP contribution in [-0.4, -0.2) is 28.0 Å². The second-order valence-corrected chi connectivity index (χ2v) is 11.9. The SMILES string of the molecule is c1ccc(Oc2cccc(CN3CCc4c(ncnc4NCC45CC6CC(CC(C6)C4)C5)C3)c2)cc1. The normalized spacial score (nSPS) is 28.6. The lowest BCUT2D eigenvalue weighted by molar-refractivity contribution is -0.0444. The Balaban J connectivity index is 1.01. The van der Waals surface area contributed by atoms with E-state index in [9.17, 15) is 0 Å². The molecule has 2 heterocycles. The number of hydrogen-bond donors (Lipinski definition) is 1. The van der Waals surface area contributed by atoms with E-state index in [2.05, 4.69) is 28.4 Å². The number of fused-ring (bicyclic) bond motifs is 1. The van der Waals surface area contributed by atoms with Crippen molar-refractivity contribution >= 4 is 5.82 Å². The molecule has 1 aromatic heterocycles. The van der Waals surface area contributed by atoms with Gasteiger partial charge in [0.25, 0.3) is 0 Å². The Morgan fingerprint density at radius 1 is 0.889 bits per heavy atom. The molecule has 8 rings (SSSR count). The Labute approximate surface area is 214 Å². The maximum Gasteiger partial charge on any atom is 0.132 e. The highest BCUT2D eigenvalue weighted by Crippen LogP contribution is 2.60. The summed E-state index contributed by atoms with van der Waals surface area (Å²) in [6.45, 7) is 3.88. The molecule has 3 aromatic rings. The van der Waals surface area contributed by atoms with E-state index < -0.39 is 0 Å². The van der Waals surface area contributed by atoms with E-state index in [4.69, 9.17) is 14.7 Å². The zero-order valence-corrected chi connectivity index (χ0v) is 21.0. The second kappa shape index (κ2) is 9.19. The van der Waals surface area contributed by atoms with Crippen molar-refractivity contribution in [1.29, 1.82) is 0 Å². The lowest BCUT2D eigenvalue weighted by Gasteiger charge is -2.57. The first-order valence-electron chi connectivity index (χ1n) is 13.8. The molecule has 5 nitrogen and oxygen atoms in total. The van der Waals surface area contributed by atoms with Crippen LogP contribution < -0.4 is 10.1 Å². The van der Waals surface area contributed by atoms with Gasteiger partial charge in [0.1, 0.15) is 23.6 Å². The number of anilines is 1. The minimum Gasteiger partial charge on any atom is -0.457 e.